The van der Waals surface area contributed by atoms with Gasteiger partial charge in [0.2, 0.25) is 0 Å². The maximum absolute atomic E-state index is 10.4. The number of piperidine rings is 1. The number of nitrogens with one attached hydrogen (secondary N) is 1. The summed E-state index contributed by atoms with van der Waals surface area (Å²) in [5, 5.41) is 14.0. The molecule has 1 fully saturated rings. The third kappa shape index (κ3) is 5.77. The molecular formula is C18H30N2O. The quantitative estimate of drug-likeness (QED) is 0.875. The lowest BCUT2D eigenvalue weighted by atomic mass is 9.96. The van der Waals surface area contributed by atoms with Crippen molar-refractivity contribution in [2.24, 2.45) is 5.92 Å². The van der Waals surface area contributed by atoms with E-state index < -0.39 is 0 Å². The Bertz CT molecular complexity index is 413. The third-order valence-electron chi connectivity index (χ3n) is 4.14. The van der Waals surface area contributed by atoms with Gasteiger partial charge in [-0.3, -0.25) is 0 Å². The van der Waals surface area contributed by atoms with E-state index in [2.05, 4.69) is 31.0 Å². The van der Waals surface area contributed by atoms with E-state index in [4.69, 9.17) is 0 Å². The van der Waals surface area contributed by atoms with Gasteiger partial charge in [-0.05, 0) is 58.2 Å². The Morgan fingerprint density at radius 1 is 1.29 bits per heavy atom. The van der Waals surface area contributed by atoms with Gasteiger partial charge in [0.1, 0.15) is 0 Å². The van der Waals surface area contributed by atoms with Gasteiger partial charge in [0.15, 0.2) is 0 Å². The number of β-amino-alcohol motifs (C(OH)–C–C–N with tert-alkyl or cyclic N) is 1. The molecule has 1 aliphatic rings. The first kappa shape index (κ1) is 16.5. The molecule has 3 heteroatoms. The van der Waals surface area contributed by atoms with Crippen LogP contribution < -0.4 is 5.32 Å². The number of aliphatic hydroxyl groups excluding tert-OH is 1. The summed E-state index contributed by atoms with van der Waals surface area (Å²) in [7, 11) is 0. The van der Waals surface area contributed by atoms with Gasteiger partial charge in [-0.1, -0.05) is 30.3 Å². The maximum Gasteiger partial charge on any atom is 0.0916 e. The van der Waals surface area contributed by atoms with Crippen molar-refractivity contribution in [3.8, 4) is 0 Å². The van der Waals surface area contributed by atoms with E-state index in [1.807, 2.05) is 30.3 Å². The fourth-order valence-corrected chi connectivity index (χ4v) is 2.96. The molecule has 0 radical (unpaired) electrons. The van der Waals surface area contributed by atoms with Crippen LogP contribution in [0, 0.1) is 5.92 Å². The van der Waals surface area contributed by atoms with Crippen LogP contribution in [0.25, 0.3) is 0 Å². The van der Waals surface area contributed by atoms with E-state index in [1.54, 1.807) is 0 Å². The molecule has 2 atom stereocenters. The van der Waals surface area contributed by atoms with Crippen LogP contribution in [0.4, 0.5) is 0 Å². The normalized spacial score (nSPS) is 22.2. The molecule has 2 unspecified atom stereocenters. The van der Waals surface area contributed by atoms with Crippen LogP contribution in [0.15, 0.2) is 30.3 Å². The minimum atomic E-state index is -0.375. The number of hydrogen-bond donors (Lipinski definition) is 2. The second-order valence-electron chi connectivity index (χ2n) is 7.33. The summed E-state index contributed by atoms with van der Waals surface area (Å²) < 4.78 is 0. The fraction of sp³-hybridized carbons (Fsp3) is 0.667. The van der Waals surface area contributed by atoms with Crippen LogP contribution >= 0.6 is 0 Å². The molecule has 1 saturated heterocycles. The lowest BCUT2D eigenvalue weighted by Gasteiger charge is -2.35. The highest BCUT2D eigenvalue weighted by Crippen LogP contribution is 2.20. The van der Waals surface area contributed by atoms with E-state index in [0.29, 0.717) is 5.92 Å². The van der Waals surface area contributed by atoms with Gasteiger partial charge in [-0.15, -0.1) is 0 Å². The third-order valence-corrected chi connectivity index (χ3v) is 4.14. The zero-order chi connectivity index (χ0) is 15.3. The second kappa shape index (κ2) is 7.39. The van der Waals surface area contributed by atoms with Crippen molar-refractivity contribution in [2.45, 2.75) is 45.3 Å². The summed E-state index contributed by atoms with van der Waals surface area (Å²) in [6.45, 7) is 10.7. The van der Waals surface area contributed by atoms with E-state index in [1.165, 1.54) is 12.8 Å². The molecule has 1 aliphatic heterocycles. The molecule has 0 amide bonds. The predicted octanol–water partition coefficient (Wildman–Crippen LogP) is 2.82. The Hall–Kier alpha value is -0.900. The summed E-state index contributed by atoms with van der Waals surface area (Å²) >= 11 is 0. The topological polar surface area (TPSA) is 35.5 Å². The van der Waals surface area contributed by atoms with Gasteiger partial charge in [0.05, 0.1) is 6.10 Å². The van der Waals surface area contributed by atoms with Crippen molar-refractivity contribution >= 4 is 0 Å². The average Bonchev–Trinajstić information content (AvgIpc) is 2.46. The van der Waals surface area contributed by atoms with Crippen LogP contribution in [-0.4, -0.2) is 41.7 Å². The summed E-state index contributed by atoms with van der Waals surface area (Å²) in [6, 6.07) is 9.99. The van der Waals surface area contributed by atoms with Gasteiger partial charge in [0.25, 0.3) is 0 Å². The number of benzene rings is 1. The Morgan fingerprint density at radius 2 is 2.00 bits per heavy atom. The van der Waals surface area contributed by atoms with Gasteiger partial charge >= 0.3 is 0 Å². The highest BCUT2D eigenvalue weighted by atomic mass is 16.3. The van der Waals surface area contributed by atoms with E-state index in [0.717, 1.165) is 31.7 Å². The fourth-order valence-electron chi connectivity index (χ4n) is 2.96. The number of hydrogen-bond acceptors (Lipinski definition) is 3. The Kier molecular flexibility index (Phi) is 5.80. The van der Waals surface area contributed by atoms with Crippen molar-refractivity contribution in [1.82, 2.24) is 10.2 Å². The molecule has 1 aromatic carbocycles. The maximum atomic E-state index is 10.4. The molecule has 118 valence electrons. The monoisotopic (exact) mass is 290 g/mol. The second-order valence-corrected chi connectivity index (χ2v) is 7.33. The van der Waals surface area contributed by atoms with Crippen LogP contribution in [0.5, 0.6) is 0 Å². The summed E-state index contributed by atoms with van der Waals surface area (Å²) in [6.07, 6.45) is 2.15. The molecule has 2 N–H and O–H groups in total. The highest BCUT2D eigenvalue weighted by molar-refractivity contribution is 5.17. The Morgan fingerprint density at radius 3 is 2.67 bits per heavy atom. The minimum absolute atomic E-state index is 0.186. The molecule has 1 aromatic rings. The van der Waals surface area contributed by atoms with Crippen LogP contribution in [-0.2, 0) is 0 Å². The molecular weight excluding hydrogens is 260 g/mol. The predicted molar refractivity (Wildman–Crippen MR) is 88.3 cm³/mol. The molecule has 0 saturated carbocycles. The molecule has 2 rings (SSSR count). The average molecular weight is 290 g/mol. The van der Waals surface area contributed by atoms with Crippen LogP contribution in [0.2, 0.25) is 0 Å². The zero-order valence-electron chi connectivity index (χ0n) is 13.7. The van der Waals surface area contributed by atoms with Crippen molar-refractivity contribution in [3.05, 3.63) is 35.9 Å². The van der Waals surface area contributed by atoms with Gasteiger partial charge in [0, 0.05) is 18.6 Å². The highest BCUT2D eigenvalue weighted by Gasteiger charge is 2.23. The molecule has 3 nitrogen and oxygen atoms in total. The van der Waals surface area contributed by atoms with Crippen LogP contribution in [0.3, 0.4) is 0 Å². The number of likely N-dealkylation sites (tertiary alicyclic amines) is 1. The summed E-state index contributed by atoms with van der Waals surface area (Å²) in [5.41, 5.74) is 1.21. The van der Waals surface area contributed by atoms with E-state index in [9.17, 15) is 5.11 Å². The van der Waals surface area contributed by atoms with Crippen molar-refractivity contribution in [3.63, 3.8) is 0 Å². The Labute approximate surface area is 129 Å². The van der Waals surface area contributed by atoms with E-state index >= 15 is 0 Å². The Balaban J connectivity index is 1.81. The molecule has 0 bridgehead atoms. The van der Waals surface area contributed by atoms with Crippen molar-refractivity contribution < 1.29 is 5.11 Å². The van der Waals surface area contributed by atoms with Gasteiger partial charge < -0.3 is 15.3 Å². The lowest BCUT2D eigenvalue weighted by molar-refractivity contribution is 0.0828. The van der Waals surface area contributed by atoms with E-state index in [-0.39, 0.29) is 11.6 Å². The first-order valence-corrected chi connectivity index (χ1v) is 8.14. The first-order chi connectivity index (χ1) is 9.94. The smallest absolute Gasteiger partial charge is 0.0916 e. The molecule has 0 spiro atoms. The largest absolute Gasteiger partial charge is 0.387 e. The van der Waals surface area contributed by atoms with Crippen molar-refractivity contribution in [1.29, 1.82) is 0 Å². The van der Waals surface area contributed by atoms with Gasteiger partial charge in [-0.25, -0.2) is 0 Å². The van der Waals surface area contributed by atoms with Crippen molar-refractivity contribution in [2.75, 3.05) is 26.2 Å². The first-order valence-electron chi connectivity index (χ1n) is 8.14. The molecule has 0 aliphatic carbocycles. The number of nitrogens with zero attached hydrogens (tertiary/aromatic N) is 1. The minimum Gasteiger partial charge on any atom is -0.387 e. The lowest BCUT2D eigenvalue weighted by Crippen LogP contribution is -2.45. The zero-order valence-corrected chi connectivity index (χ0v) is 13.7. The standard InChI is InChI=1S/C18H30N2O/c1-18(2,3)19-12-15-8-7-11-20(13-15)14-17(21)16-9-5-4-6-10-16/h4-6,9-10,15,17,19,21H,7-8,11-14H2,1-3H3. The van der Waals surface area contributed by atoms with Gasteiger partial charge in [-0.2, -0.15) is 0 Å². The summed E-state index contributed by atoms with van der Waals surface area (Å²) in [5.74, 6) is 0.695. The number of rotatable bonds is 5. The molecule has 1 heterocycles. The SMILES string of the molecule is CC(C)(C)NCC1CCCN(CC(O)c2ccccc2)C1. The summed E-state index contributed by atoms with van der Waals surface area (Å²) in [4.78, 5) is 2.41. The van der Waals surface area contributed by atoms with Crippen LogP contribution in [0.1, 0.15) is 45.3 Å². The molecule has 21 heavy (non-hydrogen) atoms. The molecule has 0 aromatic heterocycles. The number of aliphatic hydroxyl groups is 1.